The number of urea groups is 1. The molecule has 0 aromatic rings. The third kappa shape index (κ3) is 6.66. The number of aliphatic hydroxyl groups excluding tert-OH is 2. The Balaban J connectivity index is 3.12. The Labute approximate surface area is 201 Å². The van der Waals surface area contributed by atoms with Crippen LogP contribution in [0, 0.1) is 5.92 Å². The highest BCUT2D eigenvalue weighted by Gasteiger charge is 2.59. The predicted octanol–water partition coefficient (Wildman–Crippen LogP) is 1.80. The highest BCUT2D eigenvalue weighted by atomic mass is 16.5. The van der Waals surface area contributed by atoms with E-state index in [9.17, 15) is 29.4 Å². The van der Waals surface area contributed by atoms with E-state index in [1.807, 2.05) is 13.8 Å². The van der Waals surface area contributed by atoms with E-state index in [0.29, 0.717) is 6.42 Å². The molecule has 0 aromatic carbocycles. The molecule has 4 atom stereocenters. The average molecular weight is 483 g/mol. The number of carbonyl (C=O) groups is 4. The van der Waals surface area contributed by atoms with Crippen molar-refractivity contribution >= 4 is 23.9 Å². The maximum Gasteiger partial charge on any atom is 0.333 e. The molecular formula is C24H38N2O8. The molecule has 4 unspecified atom stereocenters. The van der Waals surface area contributed by atoms with Crippen LogP contribution in [0.2, 0.25) is 0 Å². The van der Waals surface area contributed by atoms with Gasteiger partial charge >= 0.3 is 18.0 Å². The van der Waals surface area contributed by atoms with E-state index in [2.05, 4.69) is 13.2 Å². The summed E-state index contributed by atoms with van der Waals surface area (Å²) in [6, 6.07) is -0.676. The number of aliphatic hydroxyl groups is 2. The first-order valence-corrected chi connectivity index (χ1v) is 11.5. The van der Waals surface area contributed by atoms with Crippen LogP contribution in [0.5, 0.6) is 0 Å². The molecule has 0 saturated carbocycles. The lowest BCUT2D eigenvalue weighted by molar-refractivity contribution is -0.144. The van der Waals surface area contributed by atoms with Gasteiger partial charge in [0.15, 0.2) is 0 Å². The fourth-order valence-electron chi connectivity index (χ4n) is 4.11. The van der Waals surface area contributed by atoms with Crippen LogP contribution in [0.15, 0.2) is 24.3 Å². The largest absolute Gasteiger partial charge is 0.460 e. The standard InChI is InChI=1S/C24H38N2O8/c1-8-10-17(7)24(9-2)22(31)25(11-18(27)13-33-20(29)15(3)4)23(32)26(24)12-19(28)14-34-21(30)16(5)6/h17-19,27-28H,3,5,8-14H2,1-2,4,6-7H3. The van der Waals surface area contributed by atoms with Crippen LogP contribution in [0.4, 0.5) is 4.79 Å². The lowest BCUT2D eigenvalue weighted by Crippen LogP contribution is -2.56. The van der Waals surface area contributed by atoms with Crippen LogP contribution in [-0.2, 0) is 23.9 Å². The van der Waals surface area contributed by atoms with E-state index >= 15 is 0 Å². The molecule has 34 heavy (non-hydrogen) atoms. The van der Waals surface area contributed by atoms with Gasteiger partial charge in [0.2, 0.25) is 0 Å². The van der Waals surface area contributed by atoms with Gasteiger partial charge in [-0.25, -0.2) is 14.4 Å². The normalized spacial score (nSPS) is 20.7. The number of β-amino-alcohol motifs (C(OH)–C–C–N with tert-alkyl or cyclic N) is 2. The van der Waals surface area contributed by atoms with Gasteiger partial charge in [-0.05, 0) is 32.6 Å². The summed E-state index contributed by atoms with van der Waals surface area (Å²) in [5.74, 6) is -2.09. The van der Waals surface area contributed by atoms with E-state index in [-0.39, 0.29) is 43.2 Å². The Morgan fingerprint density at radius 2 is 1.44 bits per heavy atom. The maximum absolute atomic E-state index is 13.6. The third-order valence-corrected chi connectivity index (χ3v) is 5.93. The van der Waals surface area contributed by atoms with Gasteiger partial charge in [0.25, 0.3) is 5.91 Å². The minimum atomic E-state index is -1.30. The van der Waals surface area contributed by atoms with E-state index in [0.717, 1.165) is 11.3 Å². The first-order chi connectivity index (χ1) is 15.8. The molecule has 0 radical (unpaired) electrons. The monoisotopic (exact) mass is 482 g/mol. The fraction of sp³-hybridized carbons (Fsp3) is 0.667. The quantitative estimate of drug-likeness (QED) is 0.217. The van der Waals surface area contributed by atoms with Crippen LogP contribution < -0.4 is 0 Å². The predicted molar refractivity (Wildman–Crippen MR) is 124 cm³/mol. The zero-order valence-corrected chi connectivity index (χ0v) is 20.8. The van der Waals surface area contributed by atoms with Crippen molar-refractivity contribution in [2.45, 2.75) is 71.6 Å². The van der Waals surface area contributed by atoms with Gasteiger partial charge < -0.3 is 24.6 Å². The lowest BCUT2D eigenvalue weighted by Gasteiger charge is -2.40. The second-order valence-electron chi connectivity index (χ2n) is 8.84. The molecule has 192 valence electrons. The summed E-state index contributed by atoms with van der Waals surface area (Å²) in [6.07, 6.45) is -0.823. The molecule has 0 aromatic heterocycles. The van der Waals surface area contributed by atoms with E-state index in [4.69, 9.17) is 9.47 Å². The van der Waals surface area contributed by atoms with E-state index in [1.165, 1.54) is 18.7 Å². The first kappa shape index (κ1) is 29.3. The van der Waals surface area contributed by atoms with Crippen molar-refractivity contribution in [2.24, 2.45) is 5.92 Å². The van der Waals surface area contributed by atoms with Crippen molar-refractivity contribution in [1.82, 2.24) is 9.80 Å². The molecule has 1 aliphatic rings. The SMILES string of the molecule is C=C(C)C(=O)OCC(O)CN1C(=O)N(CC(O)COC(=O)C(=C)C)C(CC)(C(C)CCC)C1=O. The maximum atomic E-state index is 13.6. The minimum absolute atomic E-state index is 0.159. The number of ether oxygens (including phenoxy) is 2. The highest BCUT2D eigenvalue weighted by molar-refractivity contribution is 6.07. The third-order valence-electron chi connectivity index (χ3n) is 5.93. The Kier molecular flexibility index (Phi) is 10.9. The summed E-state index contributed by atoms with van der Waals surface area (Å²) in [7, 11) is 0. The van der Waals surface area contributed by atoms with Gasteiger partial charge in [0, 0.05) is 11.1 Å². The van der Waals surface area contributed by atoms with Crippen molar-refractivity contribution in [2.75, 3.05) is 26.3 Å². The number of imide groups is 1. The van der Waals surface area contributed by atoms with Gasteiger partial charge in [-0.3, -0.25) is 9.69 Å². The molecule has 1 aliphatic heterocycles. The molecule has 1 rings (SSSR count). The molecular weight excluding hydrogens is 444 g/mol. The van der Waals surface area contributed by atoms with E-state index in [1.54, 1.807) is 6.92 Å². The number of nitrogens with zero attached hydrogens (tertiary/aromatic N) is 2. The Morgan fingerprint density at radius 3 is 1.85 bits per heavy atom. The number of esters is 2. The summed E-state index contributed by atoms with van der Waals surface area (Å²) in [4.78, 5) is 52.4. The van der Waals surface area contributed by atoms with Gasteiger partial charge in [-0.2, -0.15) is 0 Å². The number of hydrogen-bond acceptors (Lipinski definition) is 8. The molecule has 3 amide bonds. The van der Waals surface area contributed by atoms with Crippen LogP contribution in [0.25, 0.3) is 0 Å². The van der Waals surface area contributed by atoms with E-state index < -0.39 is 48.2 Å². The highest BCUT2D eigenvalue weighted by Crippen LogP contribution is 2.39. The van der Waals surface area contributed by atoms with Gasteiger partial charge in [-0.1, -0.05) is 40.3 Å². The van der Waals surface area contributed by atoms with Gasteiger partial charge in [-0.15, -0.1) is 0 Å². The van der Waals surface area contributed by atoms with Crippen molar-refractivity contribution in [3.05, 3.63) is 24.3 Å². The van der Waals surface area contributed by atoms with Gasteiger partial charge in [0.1, 0.15) is 31.0 Å². The van der Waals surface area contributed by atoms with Gasteiger partial charge in [0.05, 0.1) is 13.1 Å². The second-order valence-corrected chi connectivity index (χ2v) is 8.84. The Morgan fingerprint density at radius 1 is 0.971 bits per heavy atom. The summed E-state index contributed by atoms with van der Waals surface area (Å²) < 4.78 is 9.92. The number of rotatable bonds is 14. The van der Waals surface area contributed by atoms with Crippen LogP contribution in [-0.4, -0.2) is 87.9 Å². The number of amides is 3. The summed E-state index contributed by atoms with van der Waals surface area (Å²) >= 11 is 0. The summed E-state index contributed by atoms with van der Waals surface area (Å²) in [5.41, 5.74) is -0.904. The Bertz CT molecular complexity index is 811. The molecule has 0 spiro atoms. The number of hydrogen-bond donors (Lipinski definition) is 2. The Hall–Kier alpha value is -2.72. The fourth-order valence-corrected chi connectivity index (χ4v) is 4.11. The molecule has 1 fully saturated rings. The minimum Gasteiger partial charge on any atom is -0.460 e. The van der Waals surface area contributed by atoms with Crippen LogP contribution in [0.3, 0.4) is 0 Å². The molecule has 0 aliphatic carbocycles. The topological polar surface area (TPSA) is 134 Å². The zero-order valence-electron chi connectivity index (χ0n) is 20.8. The molecule has 1 heterocycles. The summed E-state index contributed by atoms with van der Waals surface area (Å²) in [6.45, 7) is 14.1. The average Bonchev–Trinajstić information content (AvgIpc) is 2.97. The molecule has 10 nitrogen and oxygen atoms in total. The van der Waals surface area contributed by atoms with Crippen molar-refractivity contribution in [3.63, 3.8) is 0 Å². The molecule has 10 heteroatoms. The molecule has 0 bridgehead atoms. The zero-order chi connectivity index (χ0) is 26.2. The van der Waals surface area contributed by atoms with Crippen molar-refractivity contribution < 1.29 is 38.9 Å². The second kappa shape index (κ2) is 12.7. The number of carbonyl (C=O) groups excluding carboxylic acids is 4. The van der Waals surface area contributed by atoms with Crippen LogP contribution >= 0.6 is 0 Å². The summed E-state index contributed by atoms with van der Waals surface area (Å²) in [5, 5.41) is 20.8. The lowest BCUT2D eigenvalue weighted by atomic mass is 9.78. The molecule has 1 saturated heterocycles. The van der Waals surface area contributed by atoms with Crippen LogP contribution in [0.1, 0.15) is 53.9 Å². The smallest absolute Gasteiger partial charge is 0.333 e. The molecule has 2 N–H and O–H groups in total. The van der Waals surface area contributed by atoms with Crippen molar-refractivity contribution in [1.29, 1.82) is 0 Å². The first-order valence-electron chi connectivity index (χ1n) is 11.5. The van der Waals surface area contributed by atoms with Crippen molar-refractivity contribution in [3.8, 4) is 0 Å².